The maximum absolute atomic E-state index is 12.4. The van der Waals surface area contributed by atoms with Crippen LogP contribution in [0, 0.1) is 11.3 Å². The van der Waals surface area contributed by atoms with E-state index in [-0.39, 0.29) is 22.7 Å². The number of carboxylic acid groups (broad SMARTS) is 1. The van der Waals surface area contributed by atoms with Gasteiger partial charge in [0.25, 0.3) is 0 Å². The molecular weight excluding hydrogens is 228 g/mol. The molecule has 0 spiro atoms. The highest BCUT2D eigenvalue weighted by Crippen LogP contribution is 2.50. The summed E-state index contributed by atoms with van der Waals surface area (Å²) in [5, 5.41) is 9.02. The van der Waals surface area contributed by atoms with Crippen molar-refractivity contribution >= 4 is 11.8 Å². The summed E-state index contributed by atoms with van der Waals surface area (Å²) in [4.78, 5) is 23.4. The first-order valence-corrected chi connectivity index (χ1v) is 6.50. The minimum absolute atomic E-state index is 0.177. The number of aliphatic carboxylic acids is 1. The molecule has 0 aromatic carbocycles. The Kier molecular flexibility index (Phi) is 3.18. The Bertz CT molecular complexity index is 458. The lowest BCUT2D eigenvalue weighted by atomic mass is 9.60. The third-order valence-electron chi connectivity index (χ3n) is 4.68. The number of hydrogen-bond donors (Lipinski definition) is 1. The van der Waals surface area contributed by atoms with E-state index < -0.39 is 5.97 Å². The summed E-state index contributed by atoms with van der Waals surface area (Å²) in [5.41, 5.74) is 2.30. The van der Waals surface area contributed by atoms with Crippen LogP contribution < -0.4 is 0 Å². The van der Waals surface area contributed by atoms with Crippen LogP contribution in [0.3, 0.4) is 0 Å². The predicted molar refractivity (Wildman–Crippen MR) is 69.2 cm³/mol. The van der Waals surface area contributed by atoms with E-state index in [0.29, 0.717) is 12.8 Å². The van der Waals surface area contributed by atoms with E-state index in [0.717, 1.165) is 19.3 Å². The van der Waals surface area contributed by atoms with Crippen molar-refractivity contribution in [2.45, 2.75) is 46.0 Å². The normalized spacial score (nSPS) is 32.1. The van der Waals surface area contributed by atoms with Crippen molar-refractivity contribution in [3.8, 4) is 0 Å². The van der Waals surface area contributed by atoms with Gasteiger partial charge in [0.2, 0.25) is 0 Å². The highest BCUT2D eigenvalue weighted by Gasteiger charge is 2.45. The van der Waals surface area contributed by atoms with Gasteiger partial charge in [-0.2, -0.15) is 0 Å². The third-order valence-corrected chi connectivity index (χ3v) is 4.68. The number of rotatable bonds is 2. The maximum Gasteiger partial charge on any atom is 0.331 e. The quantitative estimate of drug-likeness (QED) is 0.603. The number of allylic oxidation sites excluding steroid dienone is 2. The average molecular weight is 248 g/mol. The first-order chi connectivity index (χ1) is 8.36. The van der Waals surface area contributed by atoms with Gasteiger partial charge in [-0.05, 0) is 39.5 Å². The highest BCUT2D eigenvalue weighted by atomic mass is 16.4. The van der Waals surface area contributed by atoms with Gasteiger partial charge in [-0.1, -0.05) is 17.7 Å². The Morgan fingerprint density at radius 1 is 1.44 bits per heavy atom. The molecule has 2 aliphatic rings. The lowest BCUT2D eigenvalue weighted by Gasteiger charge is -2.42. The fourth-order valence-electron chi connectivity index (χ4n) is 3.38. The van der Waals surface area contributed by atoms with Crippen LogP contribution >= 0.6 is 0 Å². The van der Waals surface area contributed by atoms with Crippen molar-refractivity contribution in [2.75, 3.05) is 0 Å². The van der Waals surface area contributed by atoms with Crippen LogP contribution in [0.25, 0.3) is 0 Å². The Balaban J connectivity index is 2.35. The molecular formula is C15H20O3. The van der Waals surface area contributed by atoms with Gasteiger partial charge in [-0.15, -0.1) is 0 Å². The maximum atomic E-state index is 12.4. The molecule has 0 radical (unpaired) electrons. The molecule has 3 nitrogen and oxygen atoms in total. The second-order valence-electron chi connectivity index (χ2n) is 5.80. The number of carbonyl (C=O) groups excluding carboxylic acids is 1. The van der Waals surface area contributed by atoms with Gasteiger partial charge in [0.1, 0.15) is 5.78 Å². The van der Waals surface area contributed by atoms with Crippen molar-refractivity contribution in [2.24, 2.45) is 11.3 Å². The van der Waals surface area contributed by atoms with Crippen LogP contribution in [-0.2, 0) is 9.59 Å². The van der Waals surface area contributed by atoms with Crippen molar-refractivity contribution < 1.29 is 14.7 Å². The smallest absolute Gasteiger partial charge is 0.331 e. The van der Waals surface area contributed by atoms with E-state index in [1.165, 1.54) is 11.1 Å². The zero-order valence-corrected chi connectivity index (χ0v) is 11.1. The van der Waals surface area contributed by atoms with Crippen molar-refractivity contribution in [3.63, 3.8) is 0 Å². The van der Waals surface area contributed by atoms with E-state index in [2.05, 4.69) is 13.5 Å². The molecule has 2 atom stereocenters. The molecule has 0 unspecified atom stereocenters. The van der Waals surface area contributed by atoms with E-state index in [9.17, 15) is 9.59 Å². The zero-order valence-electron chi connectivity index (χ0n) is 11.1. The van der Waals surface area contributed by atoms with Crippen molar-refractivity contribution in [1.82, 2.24) is 0 Å². The molecule has 0 amide bonds. The molecule has 2 rings (SSSR count). The van der Waals surface area contributed by atoms with Gasteiger partial charge in [-0.3, -0.25) is 4.79 Å². The van der Waals surface area contributed by atoms with E-state index in [1.54, 1.807) is 0 Å². The Morgan fingerprint density at radius 3 is 2.72 bits per heavy atom. The summed E-state index contributed by atoms with van der Waals surface area (Å²) in [5.74, 6) is -1.01. The number of ketones is 1. The summed E-state index contributed by atoms with van der Waals surface area (Å²) >= 11 is 0. The van der Waals surface area contributed by atoms with Crippen molar-refractivity contribution in [3.05, 3.63) is 23.3 Å². The molecule has 3 heteroatoms. The minimum Gasteiger partial charge on any atom is -0.478 e. The van der Waals surface area contributed by atoms with Crippen LogP contribution in [-0.4, -0.2) is 16.9 Å². The number of fused-ring (bicyclic) bond motifs is 1. The summed E-state index contributed by atoms with van der Waals surface area (Å²) < 4.78 is 0. The first-order valence-electron chi connectivity index (χ1n) is 6.50. The largest absolute Gasteiger partial charge is 0.478 e. The summed E-state index contributed by atoms with van der Waals surface area (Å²) in [6, 6.07) is 0. The average Bonchev–Trinajstić information content (AvgIpc) is 2.30. The predicted octanol–water partition coefficient (Wildman–Crippen LogP) is 3.11. The number of carbonyl (C=O) groups is 2. The van der Waals surface area contributed by atoms with E-state index in [1.807, 2.05) is 6.92 Å². The van der Waals surface area contributed by atoms with Crippen LogP contribution in [0.2, 0.25) is 0 Å². The Morgan fingerprint density at radius 2 is 2.11 bits per heavy atom. The van der Waals surface area contributed by atoms with Crippen LogP contribution in [0.1, 0.15) is 46.0 Å². The Hall–Kier alpha value is -1.38. The molecule has 0 heterocycles. The fraction of sp³-hybridized carbons (Fsp3) is 0.600. The molecule has 98 valence electrons. The molecule has 0 aromatic heterocycles. The van der Waals surface area contributed by atoms with Gasteiger partial charge < -0.3 is 5.11 Å². The van der Waals surface area contributed by atoms with Gasteiger partial charge >= 0.3 is 5.97 Å². The number of carboxylic acids is 1. The molecule has 0 aromatic rings. The Labute approximate surface area is 108 Å². The number of Topliss-reactive ketones (excluding diaryl/α,β-unsaturated/α-hetero) is 1. The zero-order chi connectivity index (χ0) is 13.5. The topological polar surface area (TPSA) is 54.4 Å². The van der Waals surface area contributed by atoms with Gasteiger partial charge in [0.05, 0.1) is 0 Å². The molecule has 18 heavy (non-hydrogen) atoms. The van der Waals surface area contributed by atoms with Crippen molar-refractivity contribution in [1.29, 1.82) is 0 Å². The second kappa shape index (κ2) is 4.38. The fourth-order valence-corrected chi connectivity index (χ4v) is 3.38. The lowest BCUT2D eigenvalue weighted by molar-refractivity contribution is -0.134. The molecule has 1 N–H and O–H groups in total. The van der Waals surface area contributed by atoms with Crippen LogP contribution in [0.15, 0.2) is 23.3 Å². The minimum atomic E-state index is -0.981. The third kappa shape index (κ3) is 1.92. The second-order valence-corrected chi connectivity index (χ2v) is 5.80. The summed E-state index contributed by atoms with van der Waals surface area (Å²) in [6.45, 7) is 7.72. The standard InChI is InChI=1S/C15H20O3/c1-9-5-4-6-15(3)12(9)7-11(8-13(15)16)10(2)14(17)18/h11H,2,4-8H2,1,3H3,(H,17,18)/t11-,15-/m0/s1. The van der Waals surface area contributed by atoms with Crippen LogP contribution in [0.5, 0.6) is 0 Å². The van der Waals surface area contributed by atoms with Gasteiger partial charge in [0, 0.05) is 23.3 Å². The monoisotopic (exact) mass is 248 g/mol. The lowest BCUT2D eigenvalue weighted by Crippen LogP contribution is -2.40. The SMILES string of the molecule is C=C(C(=O)O)[C@@H]1CC(=O)[C@@]2(C)CCCC(C)=C2C1. The van der Waals surface area contributed by atoms with Crippen LogP contribution in [0.4, 0.5) is 0 Å². The van der Waals surface area contributed by atoms with Gasteiger partial charge in [-0.25, -0.2) is 4.79 Å². The van der Waals surface area contributed by atoms with E-state index in [4.69, 9.17) is 5.11 Å². The van der Waals surface area contributed by atoms with Gasteiger partial charge in [0.15, 0.2) is 0 Å². The molecule has 0 saturated heterocycles. The molecule has 0 aliphatic heterocycles. The summed E-state index contributed by atoms with van der Waals surface area (Å²) in [6.07, 6.45) is 4.02. The molecule has 1 fully saturated rings. The van der Waals surface area contributed by atoms with E-state index >= 15 is 0 Å². The molecule has 0 bridgehead atoms. The molecule has 2 aliphatic carbocycles. The highest BCUT2D eigenvalue weighted by molar-refractivity contribution is 5.93. The molecule has 1 saturated carbocycles. The first kappa shape index (κ1) is 13.1. The number of hydrogen-bond acceptors (Lipinski definition) is 2. The summed E-state index contributed by atoms with van der Waals surface area (Å²) in [7, 11) is 0.